The number of nitrogens with two attached hydrogens (primary N) is 1. The minimum atomic E-state index is -0.896. The second-order valence-electron chi connectivity index (χ2n) is 5.45. The zero-order chi connectivity index (χ0) is 14.1. The molecule has 100 valence electrons. The normalized spacial score (nSPS) is 13.4. The lowest BCUT2D eigenvalue weighted by Crippen LogP contribution is -2.29. The van der Waals surface area contributed by atoms with Gasteiger partial charge in [0.25, 0.3) is 0 Å². The number of halogens is 1. The van der Waals surface area contributed by atoms with Crippen LogP contribution < -0.4 is 5.73 Å². The molecular formula is C14H20FNO2. The zero-order valence-electron chi connectivity index (χ0n) is 11.2. The van der Waals surface area contributed by atoms with Crippen molar-refractivity contribution in [3.05, 3.63) is 34.6 Å². The average Bonchev–Trinajstić information content (AvgIpc) is 2.13. The van der Waals surface area contributed by atoms with E-state index in [1.165, 1.54) is 12.1 Å². The van der Waals surface area contributed by atoms with E-state index in [0.717, 1.165) is 16.7 Å². The van der Waals surface area contributed by atoms with E-state index in [1.807, 2.05) is 0 Å². The first kappa shape index (κ1) is 14.6. The van der Waals surface area contributed by atoms with Gasteiger partial charge in [0.05, 0.1) is 5.41 Å². The van der Waals surface area contributed by atoms with Gasteiger partial charge in [-0.05, 0) is 62.9 Å². The molecule has 0 aliphatic heterocycles. The number of hydrogen-bond donors (Lipinski definition) is 2. The molecule has 1 aromatic carbocycles. The molecule has 0 saturated carbocycles. The van der Waals surface area contributed by atoms with Gasteiger partial charge in [-0.1, -0.05) is 0 Å². The first-order valence-electron chi connectivity index (χ1n) is 5.91. The van der Waals surface area contributed by atoms with E-state index < -0.39 is 17.4 Å². The number of aryl methyl sites for hydroxylation is 2. The maximum absolute atomic E-state index is 13.2. The van der Waals surface area contributed by atoms with Gasteiger partial charge in [-0.25, -0.2) is 4.39 Å². The highest BCUT2D eigenvalue weighted by Crippen LogP contribution is 2.32. The lowest BCUT2D eigenvalue weighted by Gasteiger charge is -2.25. The van der Waals surface area contributed by atoms with Gasteiger partial charge < -0.3 is 10.8 Å². The largest absolute Gasteiger partial charge is 0.481 e. The van der Waals surface area contributed by atoms with E-state index in [4.69, 9.17) is 10.8 Å². The van der Waals surface area contributed by atoms with Gasteiger partial charge >= 0.3 is 5.97 Å². The summed E-state index contributed by atoms with van der Waals surface area (Å²) < 4.78 is 13.2. The molecule has 0 saturated heterocycles. The third-order valence-corrected chi connectivity index (χ3v) is 3.24. The molecule has 0 heterocycles. The lowest BCUT2D eigenvalue weighted by atomic mass is 9.82. The Morgan fingerprint density at radius 3 is 2.22 bits per heavy atom. The third kappa shape index (κ3) is 3.07. The SMILES string of the molecule is Cc1cc(F)cc(C)c1C(N)CC(C)(C)C(=O)O. The molecule has 0 aliphatic carbocycles. The van der Waals surface area contributed by atoms with E-state index >= 15 is 0 Å². The van der Waals surface area contributed by atoms with Crippen LogP contribution >= 0.6 is 0 Å². The summed E-state index contributed by atoms with van der Waals surface area (Å²) >= 11 is 0. The Morgan fingerprint density at radius 1 is 1.39 bits per heavy atom. The van der Waals surface area contributed by atoms with Crippen molar-refractivity contribution in [2.75, 3.05) is 0 Å². The molecule has 1 unspecified atom stereocenters. The van der Waals surface area contributed by atoms with Crippen LogP contribution in [0.25, 0.3) is 0 Å². The highest BCUT2D eigenvalue weighted by molar-refractivity contribution is 5.73. The fraction of sp³-hybridized carbons (Fsp3) is 0.500. The van der Waals surface area contributed by atoms with E-state index in [-0.39, 0.29) is 5.82 Å². The minimum Gasteiger partial charge on any atom is -0.481 e. The summed E-state index contributed by atoms with van der Waals surface area (Å²) in [4.78, 5) is 11.1. The molecule has 0 bridgehead atoms. The molecular weight excluding hydrogens is 233 g/mol. The molecule has 0 radical (unpaired) electrons. The molecule has 3 N–H and O–H groups in total. The predicted octanol–water partition coefficient (Wildman–Crippen LogP) is 2.94. The summed E-state index contributed by atoms with van der Waals surface area (Å²) in [5.41, 5.74) is 7.56. The summed E-state index contributed by atoms with van der Waals surface area (Å²) in [6.07, 6.45) is 0.315. The summed E-state index contributed by atoms with van der Waals surface area (Å²) in [5.74, 6) is -1.17. The van der Waals surface area contributed by atoms with Crippen LogP contribution in [0.3, 0.4) is 0 Å². The van der Waals surface area contributed by atoms with Crippen molar-refractivity contribution >= 4 is 5.97 Å². The van der Waals surface area contributed by atoms with Crippen molar-refractivity contribution in [2.24, 2.45) is 11.1 Å². The summed E-state index contributed by atoms with van der Waals surface area (Å²) in [5, 5.41) is 9.10. The smallest absolute Gasteiger partial charge is 0.309 e. The standard InChI is InChI=1S/C14H20FNO2/c1-8-5-10(15)6-9(2)12(8)11(16)7-14(3,4)13(17)18/h5-6,11H,7,16H2,1-4H3,(H,17,18). The maximum atomic E-state index is 13.2. The highest BCUT2D eigenvalue weighted by atomic mass is 19.1. The van der Waals surface area contributed by atoms with Crippen LogP contribution in [0.4, 0.5) is 4.39 Å². The Labute approximate surface area is 107 Å². The van der Waals surface area contributed by atoms with Crippen molar-refractivity contribution in [3.63, 3.8) is 0 Å². The molecule has 0 aliphatic rings. The first-order chi connectivity index (χ1) is 8.15. The molecule has 1 atom stereocenters. The van der Waals surface area contributed by atoms with Crippen molar-refractivity contribution < 1.29 is 14.3 Å². The Balaban J connectivity index is 3.05. The molecule has 0 fully saturated rings. The van der Waals surface area contributed by atoms with Gasteiger partial charge in [0.1, 0.15) is 5.82 Å². The molecule has 1 aromatic rings. The summed E-state index contributed by atoms with van der Waals surface area (Å²) in [6.45, 7) is 6.87. The van der Waals surface area contributed by atoms with Gasteiger partial charge in [-0.3, -0.25) is 4.79 Å². The third-order valence-electron chi connectivity index (χ3n) is 3.24. The topological polar surface area (TPSA) is 63.3 Å². The predicted molar refractivity (Wildman–Crippen MR) is 68.8 cm³/mol. The second kappa shape index (κ2) is 5.06. The molecule has 3 nitrogen and oxygen atoms in total. The van der Waals surface area contributed by atoms with Crippen LogP contribution in [-0.4, -0.2) is 11.1 Å². The Bertz CT molecular complexity index is 446. The number of benzene rings is 1. The van der Waals surface area contributed by atoms with Crippen molar-refractivity contribution in [3.8, 4) is 0 Å². The van der Waals surface area contributed by atoms with Crippen LogP contribution in [0.15, 0.2) is 12.1 Å². The van der Waals surface area contributed by atoms with E-state index in [2.05, 4.69) is 0 Å². The molecule has 4 heteroatoms. The summed E-state index contributed by atoms with van der Waals surface area (Å²) in [7, 11) is 0. The van der Waals surface area contributed by atoms with Crippen LogP contribution in [-0.2, 0) is 4.79 Å². The van der Waals surface area contributed by atoms with Crippen molar-refractivity contribution in [1.82, 2.24) is 0 Å². The van der Waals surface area contributed by atoms with Gasteiger partial charge in [-0.2, -0.15) is 0 Å². The molecule has 0 spiro atoms. The highest BCUT2D eigenvalue weighted by Gasteiger charge is 2.30. The zero-order valence-corrected chi connectivity index (χ0v) is 11.2. The van der Waals surface area contributed by atoms with E-state index in [9.17, 15) is 9.18 Å². The van der Waals surface area contributed by atoms with E-state index in [1.54, 1.807) is 27.7 Å². The monoisotopic (exact) mass is 253 g/mol. The van der Waals surface area contributed by atoms with Gasteiger partial charge in [-0.15, -0.1) is 0 Å². The Kier molecular flexibility index (Phi) is 4.12. The second-order valence-corrected chi connectivity index (χ2v) is 5.45. The molecule has 1 rings (SSSR count). The number of carboxylic acid groups (broad SMARTS) is 1. The van der Waals surface area contributed by atoms with Gasteiger partial charge in [0, 0.05) is 6.04 Å². The number of rotatable bonds is 4. The number of carboxylic acids is 1. The minimum absolute atomic E-state index is 0.293. The first-order valence-corrected chi connectivity index (χ1v) is 5.91. The van der Waals surface area contributed by atoms with Crippen molar-refractivity contribution in [1.29, 1.82) is 0 Å². The fourth-order valence-electron chi connectivity index (χ4n) is 2.25. The Morgan fingerprint density at radius 2 is 1.83 bits per heavy atom. The van der Waals surface area contributed by atoms with Crippen molar-refractivity contribution in [2.45, 2.75) is 40.2 Å². The lowest BCUT2D eigenvalue weighted by molar-refractivity contribution is -0.147. The van der Waals surface area contributed by atoms with E-state index in [0.29, 0.717) is 6.42 Å². The van der Waals surface area contributed by atoms with Gasteiger partial charge in [0.15, 0.2) is 0 Å². The van der Waals surface area contributed by atoms with Gasteiger partial charge in [0.2, 0.25) is 0 Å². The molecule has 0 aromatic heterocycles. The molecule has 18 heavy (non-hydrogen) atoms. The number of hydrogen-bond acceptors (Lipinski definition) is 2. The van der Waals surface area contributed by atoms with Crippen LogP contribution in [0.2, 0.25) is 0 Å². The average molecular weight is 253 g/mol. The maximum Gasteiger partial charge on any atom is 0.309 e. The number of carbonyl (C=O) groups is 1. The number of aliphatic carboxylic acids is 1. The quantitative estimate of drug-likeness (QED) is 0.867. The fourth-order valence-corrected chi connectivity index (χ4v) is 2.25. The Hall–Kier alpha value is -1.42. The summed E-state index contributed by atoms with van der Waals surface area (Å²) in [6, 6.07) is 2.45. The van der Waals surface area contributed by atoms with Crippen LogP contribution in [0.5, 0.6) is 0 Å². The molecule has 0 amide bonds. The van der Waals surface area contributed by atoms with Crippen LogP contribution in [0.1, 0.15) is 43.0 Å². The van der Waals surface area contributed by atoms with Crippen LogP contribution in [0, 0.1) is 25.1 Å².